The molecule has 0 aliphatic carbocycles. The number of hydrogen-bond acceptors (Lipinski definition) is 5. The number of aromatic nitrogens is 2. The predicted octanol–water partition coefficient (Wildman–Crippen LogP) is 5.07. The van der Waals surface area contributed by atoms with Crippen LogP contribution >= 0.6 is 46.8 Å². The molecule has 0 saturated heterocycles. The summed E-state index contributed by atoms with van der Waals surface area (Å²) in [6.45, 7) is 1.84. The number of aryl methyl sites for hydroxylation is 1. The Hall–Kier alpha value is -1.90. The van der Waals surface area contributed by atoms with E-state index in [0.717, 1.165) is 11.3 Å². The van der Waals surface area contributed by atoms with Gasteiger partial charge < -0.3 is 15.2 Å². The summed E-state index contributed by atoms with van der Waals surface area (Å²) in [5.74, 6) is 0.0379. The largest absolute Gasteiger partial charge is 0.396 e. The first-order valence-corrected chi connectivity index (χ1v) is 12.1. The van der Waals surface area contributed by atoms with Crippen LogP contribution in [0.1, 0.15) is 17.5 Å². The van der Waals surface area contributed by atoms with E-state index >= 15 is 0 Å². The van der Waals surface area contributed by atoms with Crippen molar-refractivity contribution in [3.63, 3.8) is 0 Å². The number of carbonyl (C=O) groups is 1. The summed E-state index contributed by atoms with van der Waals surface area (Å²) in [4.78, 5) is 20.2. The average Bonchev–Trinajstić information content (AvgIpc) is 3.21. The molecule has 1 atom stereocenters. The molecule has 2 aromatic carbocycles. The van der Waals surface area contributed by atoms with E-state index in [2.05, 4.69) is 21.8 Å². The maximum absolute atomic E-state index is 13.5. The Balaban J connectivity index is 1.49. The molecule has 0 fully saturated rings. The number of amides is 1. The molecule has 1 aliphatic rings. The second-order valence-corrected chi connectivity index (χ2v) is 9.59. The minimum Gasteiger partial charge on any atom is -0.396 e. The molecule has 3 aromatic rings. The topological polar surface area (TPSA) is 76.2 Å². The lowest BCUT2D eigenvalue weighted by molar-refractivity contribution is -0.134. The average molecular weight is 511 g/mol. The second-order valence-electron chi connectivity index (χ2n) is 7.53. The van der Waals surface area contributed by atoms with Gasteiger partial charge in [0.05, 0.1) is 21.8 Å². The van der Waals surface area contributed by atoms with Gasteiger partial charge in [0.15, 0.2) is 0 Å². The van der Waals surface area contributed by atoms with Gasteiger partial charge in [0.1, 0.15) is 0 Å². The highest BCUT2D eigenvalue weighted by atomic mass is 35.5. The van der Waals surface area contributed by atoms with Crippen LogP contribution in [0.4, 0.5) is 5.69 Å². The standard InChI is InChI=1S/C22H22Cl3N5OS/c23-17-11-16(12-18(24)20(17)26)32-28-19(6-9-29-10-7-27-22(29)25)21(31)30-8-5-14-3-1-2-4-15(14)13-30/h1-4,7,10-12,19,28H,5-6,8-9,13,26H2. The molecule has 0 radical (unpaired) electrons. The molecule has 1 aromatic heterocycles. The zero-order valence-electron chi connectivity index (χ0n) is 17.1. The summed E-state index contributed by atoms with van der Waals surface area (Å²) in [6.07, 6.45) is 4.82. The number of nitrogens with one attached hydrogen (secondary N) is 1. The van der Waals surface area contributed by atoms with Crippen molar-refractivity contribution in [3.8, 4) is 0 Å². The molecule has 6 nitrogen and oxygen atoms in total. The van der Waals surface area contributed by atoms with E-state index in [9.17, 15) is 4.79 Å². The van der Waals surface area contributed by atoms with Crippen LogP contribution in [-0.2, 0) is 24.3 Å². The number of nitrogen functional groups attached to an aromatic ring is 1. The minimum atomic E-state index is -0.446. The molecule has 3 N–H and O–H groups in total. The van der Waals surface area contributed by atoms with E-state index in [1.807, 2.05) is 21.6 Å². The van der Waals surface area contributed by atoms with E-state index < -0.39 is 6.04 Å². The minimum absolute atomic E-state index is 0.0379. The molecule has 32 heavy (non-hydrogen) atoms. The highest BCUT2D eigenvalue weighted by molar-refractivity contribution is 7.97. The van der Waals surface area contributed by atoms with Crippen LogP contribution in [0.5, 0.6) is 0 Å². The Morgan fingerprint density at radius 3 is 2.59 bits per heavy atom. The number of imidazole rings is 1. The van der Waals surface area contributed by atoms with Crippen molar-refractivity contribution in [3.05, 3.63) is 75.2 Å². The number of fused-ring (bicyclic) bond motifs is 1. The van der Waals surface area contributed by atoms with Crippen LogP contribution in [0.3, 0.4) is 0 Å². The van der Waals surface area contributed by atoms with Gasteiger partial charge in [-0.1, -0.05) is 47.5 Å². The van der Waals surface area contributed by atoms with Crippen molar-refractivity contribution in [2.45, 2.75) is 36.9 Å². The summed E-state index contributed by atoms with van der Waals surface area (Å²) >= 11 is 19.7. The summed E-state index contributed by atoms with van der Waals surface area (Å²) in [6, 6.07) is 11.3. The van der Waals surface area contributed by atoms with Crippen molar-refractivity contribution >= 4 is 58.3 Å². The molecule has 10 heteroatoms. The first kappa shape index (κ1) is 23.3. The highest BCUT2D eigenvalue weighted by Crippen LogP contribution is 2.32. The van der Waals surface area contributed by atoms with Crippen LogP contribution < -0.4 is 10.5 Å². The fourth-order valence-electron chi connectivity index (χ4n) is 3.64. The zero-order valence-corrected chi connectivity index (χ0v) is 20.2. The van der Waals surface area contributed by atoms with Crippen molar-refractivity contribution in [1.82, 2.24) is 19.2 Å². The number of nitrogens with zero attached hydrogens (tertiary/aromatic N) is 3. The Kier molecular flexibility index (Phi) is 7.53. The summed E-state index contributed by atoms with van der Waals surface area (Å²) in [5, 5.41) is 1.15. The molecular formula is C22H22Cl3N5OS. The van der Waals surface area contributed by atoms with Crippen LogP contribution in [0.15, 0.2) is 53.7 Å². The molecule has 0 saturated carbocycles. The van der Waals surface area contributed by atoms with Crippen LogP contribution in [0.2, 0.25) is 15.3 Å². The van der Waals surface area contributed by atoms with E-state index in [0.29, 0.717) is 47.1 Å². The van der Waals surface area contributed by atoms with E-state index in [4.69, 9.17) is 40.5 Å². The number of rotatable bonds is 7. The van der Waals surface area contributed by atoms with Crippen LogP contribution in [0, 0.1) is 0 Å². The third-order valence-electron chi connectivity index (χ3n) is 5.44. The Morgan fingerprint density at radius 2 is 1.91 bits per heavy atom. The maximum Gasteiger partial charge on any atom is 0.240 e. The van der Waals surface area contributed by atoms with Crippen molar-refractivity contribution in [2.75, 3.05) is 12.3 Å². The number of halogens is 3. The summed E-state index contributed by atoms with van der Waals surface area (Å²) < 4.78 is 5.12. The van der Waals surface area contributed by atoms with Gasteiger partial charge in [-0.3, -0.25) is 4.79 Å². The van der Waals surface area contributed by atoms with Crippen molar-refractivity contribution in [2.24, 2.45) is 0 Å². The number of hydrogen-bond donors (Lipinski definition) is 2. The lowest BCUT2D eigenvalue weighted by atomic mass is 9.99. The van der Waals surface area contributed by atoms with Crippen LogP contribution in [0.25, 0.3) is 0 Å². The van der Waals surface area contributed by atoms with Gasteiger partial charge in [0.2, 0.25) is 11.2 Å². The fraction of sp³-hybridized carbons (Fsp3) is 0.273. The van der Waals surface area contributed by atoms with E-state index in [-0.39, 0.29) is 5.91 Å². The van der Waals surface area contributed by atoms with Gasteiger partial charge in [0, 0.05) is 36.9 Å². The second kappa shape index (κ2) is 10.4. The third kappa shape index (κ3) is 5.35. The van der Waals surface area contributed by atoms with Gasteiger partial charge in [-0.05, 0) is 59.7 Å². The predicted molar refractivity (Wildman–Crippen MR) is 131 cm³/mol. The number of carbonyl (C=O) groups excluding carboxylic acids is 1. The normalized spacial score (nSPS) is 14.3. The summed E-state index contributed by atoms with van der Waals surface area (Å²) in [7, 11) is 0. The highest BCUT2D eigenvalue weighted by Gasteiger charge is 2.27. The quantitative estimate of drug-likeness (QED) is 0.343. The van der Waals surface area contributed by atoms with Crippen LogP contribution in [-0.4, -0.2) is 32.9 Å². The zero-order chi connectivity index (χ0) is 22.7. The Bertz CT molecular complexity index is 1100. The SMILES string of the molecule is Nc1c(Cl)cc(SNC(CCn2ccnc2Cl)C(=O)N2CCc3ccccc3C2)cc1Cl. The van der Waals surface area contributed by atoms with Gasteiger partial charge in [-0.2, -0.15) is 0 Å². The van der Waals surface area contributed by atoms with Gasteiger partial charge in [0.25, 0.3) is 0 Å². The fourth-order valence-corrected chi connectivity index (χ4v) is 5.31. The Morgan fingerprint density at radius 1 is 1.19 bits per heavy atom. The van der Waals surface area contributed by atoms with E-state index in [1.54, 1.807) is 24.5 Å². The van der Waals surface area contributed by atoms with Crippen molar-refractivity contribution < 1.29 is 4.79 Å². The van der Waals surface area contributed by atoms with Gasteiger partial charge >= 0.3 is 0 Å². The van der Waals surface area contributed by atoms with Gasteiger partial charge in [-0.25, -0.2) is 9.71 Å². The molecule has 168 valence electrons. The van der Waals surface area contributed by atoms with Crippen molar-refractivity contribution in [1.29, 1.82) is 0 Å². The van der Waals surface area contributed by atoms with E-state index in [1.165, 1.54) is 23.1 Å². The monoisotopic (exact) mass is 509 g/mol. The molecule has 2 heterocycles. The molecule has 4 rings (SSSR count). The molecule has 1 amide bonds. The summed E-state index contributed by atoms with van der Waals surface area (Å²) in [5.41, 5.74) is 8.66. The molecule has 0 bridgehead atoms. The first-order valence-electron chi connectivity index (χ1n) is 10.1. The maximum atomic E-state index is 13.5. The third-order valence-corrected chi connectivity index (χ3v) is 7.25. The first-order chi connectivity index (χ1) is 15.4. The molecule has 1 aliphatic heterocycles. The van der Waals surface area contributed by atoms with Gasteiger partial charge in [-0.15, -0.1) is 0 Å². The number of nitrogens with two attached hydrogens (primary N) is 1. The lowest BCUT2D eigenvalue weighted by Gasteiger charge is -2.32. The molecular weight excluding hydrogens is 489 g/mol. The molecule has 1 unspecified atom stereocenters. The smallest absolute Gasteiger partial charge is 0.240 e. The lowest BCUT2D eigenvalue weighted by Crippen LogP contribution is -2.46. The Labute approximate surface area is 206 Å². The number of anilines is 1. The molecule has 0 spiro atoms. The number of benzene rings is 2.